The smallest absolute Gasteiger partial charge is 0.0148 e. The average molecular weight is 180 g/mol. The lowest BCUT2D eigenvalue weighted by Crippen LogP contribution is -2.32. The monoisotopic (exact) mass is 180 g/mol. The van der Waals surface area contributed by atoms with Crippen molar-refractivity contribution in [1.29, 1.82) is 0 Å². The van der Waals surface area contributed by atoms with Crippen molar-refractivity contribution < 1.29 is 0 Å². The highest BCUT2D eigenvalue weighted by molar-refractivity contribution is 5.07. The van der Waals surface area contributed by atoms with Gasteiger partial charge < -0.3 is 0 Å². The summed E-state index contributed by atoms with van der Waals surface area (Å²) in [6.07, 6.45) is 6.06. The van der Waals surface area contributed by atoms with Crippen LogP contribution in [0, 0.1) is 22.7 Å². The molecule has 0 aromatic heterocycles. The molecule has 1 aliphatic carbocycles. The van der Waals surface area contributed by atoms with Crippen molar-refractivity contribution in [3.8, 4) is 0 Å². The van der Waals surface area contributed by atoms with Crippen LogP contribution in [-0.4, -0.2) is 0 Å². The third-order valence-electron chi connectivity index (χ3n) is 3.28. The van der Waals surface area contributed by atoms with E-state index in [1.54, 1.807) is 0 Å². The van der Waals surface area contributed by atoms with Gasteiger partial charge in [-0.2, -0.15) is 0 Å². The van der Waals surface area contributed by atoms with E-state index in [-0.39, 0.29) is 0 Å². The van der Waals surface area contributed by atoms with E-state index >= 15 is 0 Å². The third kappa shape index (κ3) is 2.36. The summed E-state index contributed by atoms with van der Waals surface area (Å²) in [6, 6.07) is 0. The molecule has 0 heteroatoms. The summed E-state index contributed by atoms with van der Waals surface area (Å²) in [4.78, 5) is 0. The second-order valence-corrected chi connectivity index (χ2v) is 6.53. The number of hydrogen-bond donors (Lipinski definition) is 0. The maximum Gasteiger partial charge on any atom is -0.0148 e. The van der Waals surface area contributed by atoms with Gasteiger partial charge in [0.25, 0.3) is 0 Å². The lowest BCUT2D eigenvalue weighted by molar-refractivity contribution is 0.120. The van der Waals surface area contributed by atoms with Gasteiger partial charge >= 0.3 is 0 Å². The molecule has 0 aromatic carbocycles. The molecule has 0 amide bonds. The Bertz CT molecular complexity index is 197. The Kier molecular flexibility index (Phi) is 2.62. The highest BCUT2D eigenvalue weighted by Crippen LogP contribution is 2.47. The summed E-state index contributed by atoms with van der Waals surface area (Å²) in [5, 5.41) is 0. The topological polar surface area (TPSA) is 0 Å². The van der Waals surface area contributed by atoms with Crippen molar-refractivity contribution in [2.24, 2.45) is 22.7 Å². The molecule has 1 aliphatic rings. The second kappa shape index (κ2) is 3.15. The lowest BCUT2D eigenvalue weighted by Gasteiger charge is -2.39. The van der Waals surface area contributed by atoms with E-state index in [0.717, 1.165) is 11.8 Å². The molecule has 0 heterocycles. The molecule has 0 saturated carbocycles. The minimum absolute atomic E-state index is 0.422. The Balaban J connectivity index is 2.81. The van der Waals surface area contributed by atoms with E-state index in [0.29, 0.717) is 10.8 Å². The Labute approximate surface area is 83.4 Å². The van der Waals surface area contributed by atoms with Crippen molar-refractivity contribution in [3.05, 3.63) is 12.2 Å². The van der Waals surface area contributed by atoms with Gasteiger partial charge in [-0.05, 0) is 29.1 Å². The Morgan fingerprint density at radius 2 is 1.46 bits per heavy atom. The molecule has 0 spiro atoms. The molecule has 0 radical (unpaired) electrons. The molecule has 76 valence electrons. The first-order chi connectivity index (χ1) is 5.73. The summed E-state index contributed by atoms with van der Waals surface area (Å²) >= 11 is 0. The standard InChI is InChI=1S/C13H24/c1-12(2,3)10-8-7-9-11(10)13(4,5)6/h7-8,10-11H,9H2,1-6H3. The number of rotatable bonds is 0. The van der Waals surface area contributed by atoms with E-state index in [4.69, 9.17) is 0 Å². The van der Waals surface area contributed by atoms with Crippen LogP contribution < -0.4 is 0 Å². The first-order valence-corrected chi connectivity index (χ1v) is 5.39. The van der Waals surface area contributed by atoms with Crippen molar-refractivity contribution in [1.82, 2.24) is 0 Å². The summed E-state index contributed by atoms with van der Waals surface area (Å²) in [7, 11) is 0. The fourth-order valence-electron chi connectivity index (χ4n) is 2.44. The van der Waals surface area contributed by atoms with Crippen molar-refractivity contribution in [2.75, 3.05) is 0 Å². The van der Waals surface area contributed by atoms with Crippen molar-refractivity contribution in [2.45, 2.75) is 48.0 Å². The van der Waals surface area contributed by atoms with Gasteiger partial charge in [-0.3, -0.25) is 0 Å². The van der Waals surface area contributed by atoms with Gasteiger partial charge in [0.1, 0.15) is 0 Å². The average Bonchev–Trinajstić information content (AvgIpc) is 2.27. The van der Waals surface area contributed by atoms with E-state index in [1.807, 2.05) is 0 Å². The van der Waals surface area contributed by atoms with Crippen LogP contribution in [0.25, 0.3) is 0 Å². The molecule has 1 rings (SSSR count). The van der Waals surface area contributed by atoms with Crippen LogP contribution >= 0.6 is 0 Å². The van der Waals surface area contributed by atoms with Crippen LogP contribution in [-0.2, 0) is 0 Å². The lowest BCUT2D eigenvalue weighted by atomic mass is 9.66. The maximum absolute atomic E-state index is 2.43. The molecule has 0 saturated heterocycles. The van der Waals surface area contributed by atoms with E-state index in [9.17, 15) is 0 Å². The van der Waals surface area contributed by atoms with E-state index in [1.165, 1.54) is 6.42 Å². The summed E-state index contributed by atoms with van der Waals surface area (Å²) in [5.41, 5.74) is 0.867. The van der Waals surface area contributed by atoms with E-state index < -0.39 is 0 Å². The van der Waals surface area contributed by atoms with Crippen LogP contribution in [0.4, 0.5) is 0 Å². The molecule has 2 unspecified atom stereocenters. The molecule has 0 N–H and O–H groups in total. The highest BCUT2D eigenvalue weighted by atomic mass is 14.4. The van der Waals surface area contributed by atoms with Gasteiger partial charge in [0.2, 0.25) is 0 Å². The summed E-state index contributed by atoms with van der Waals surface area (Å²) in [5.74, 6) is 1.58. The quantitative estimate of drug-likeness (QED) is 0.488. The molecule has 0 fully saturated rings. The van der Waals surface area contributed by atoms with Gasteiger partial charge in [-0.25, -0.2) is 0 Å². The minimum Gasteiger partial charge on any atom is -0.0879 e. The van der Waals surface area contributed by atoms with Gasteiger partial charge in [0.15, 0.2) is 0 Å². The van der Waals surface area contributed by atoms with Crippen LogP contribution in [0.1, 0.15) is 48.0 Å². The van der Waals surface area contributed by atoms with Gasteiger partial charge in [-0.15, -0.1) is 0 Å². The normalized spacial score (nSPS) is 29.7. The predicted molar refractivity (Wildman–Crippen MR) is 59.6 cm³/mol. The number of hydrogen-bond acceptors (Lipinski definition) is 0. The first kappa shape index (κ1) is 10.8. The zero-order valence-electron chi connectivity index (χ0n) is 10.0. The molecular weight excluding hydrogens is 156 g/mol. The van der Waals surface area contributed by atoms with E-state index in [2.05, 4.69) is 53.7 Å². The Morgan fingerprint density at radius 3 is 1.77 bits per heavy atom. The SMILES string of the molecule is CC(C)(C)C1C=CCC1C(C)(C)C. The molecular formula is C13H24. The summed E-state index contributed by atoms with van der Waals surface area (Å²) in [6.45, 7) is 14.2. The molecule has 0 bridgehead atoms. The van der Waals surface area contributed by atoms with Crippen LogP contribution in [0.3, 0.4) is 0 Å². The zero-order chi connectivity index (χ0) is 10.3. The zero-order valence-corrected chi connectivity index (χ0v) is 10.0. The third-order valence-corrected chi connectivity index (χ3v) is 3.28. The number of allylic oxidation sites excluding steroid dienone is 2. The molecule has 0 aromatic rings. The van der Waals surface area contributed by atoms with Crippen LogP contribution in [0.15, 0.2) is 12.2 Å². The second-order valence-electron chi connectivity index (χ2n) is 6.53. The Hall–Kier alpha value is -0.260. The fraction of sp³-hybridized carbons (Fsp3) is 0.846. The summed E-state index contributed by atoms with van der Waals surface area (Å²) < 4.78 is 0. The van der Waals surface area contributed by atoms with Crippen molar-refractivity contribution in [3.63, 3.8) is 0 Å². The molecule has 0 nitrogen and oxygen atoms in total. The first-order valence-electron chi connectivity index (χ1n) is 5.39. The van der Waals surface area contributed by atoms with Gasteiger partial charge in [-0.1, -0.05) is 53.7 Å². The molecule has 2 atom stereocenters. The maximum atomic E-state index is 2.43. The largest absolute Gasteiger partial charge is 0.0879 e. The predicted octanol–water partition coefficient (Wildman–Crippen LogP) is 4.27. The minimum atomic E-state index is 0.422. The van der Waals surface area contributed by atoms with Gasteiger partial charge in [0.05, 0.1) is 0 Å². The highest BCUT2D eigenvalue weighted by Gasteiger charge is 2.38. The van der Waals surface area contributed by atoms with Crippen LogP contribution in [0.2, 0.25) is 0 Å². The van der Waals surface area contributed by atoms with Crippen LogP contribution in [0.5, 0.6) is 0 Å². The van der Waals surface area contributed by atoms with Gasteiger partial charge in [0, 0.05) is 0 Å². The molecule has 13 heavy (non-hydrogen) atoms. The fourth-order valence-corrected chi connectivity index (χ4v) is 2.44. The van der Waals surface area contributed by atoms with Crippen molar-refractivity contribution >= 4 is 0 Å². The molecule has 0 aliphatic heterocycles. The Morgan fingerprint density at radius 1 is 0.923 bits per heavy atom.